The Labute approximate surface area is 123 Å². The van der Waals surface area contributed by atoms with Gasteiger partial charge < -0.3 is 44.9 Å². The van der Waals surface area contributed by atoms with Crippen molar-refractivity contribution in [1.82, 2.24) is 0 Å². The Hall–Kier alpha value is 0.0200. The third-order valence-electron chi connectivity index (χ3n) is 2.62. The van der Waals surface area contributed by atoms with Gasteiger partial charge in [-0.1, -0.05) is 0 Å². The Morgan fingerprint density at radius 2 is 1.59 bits per heavy atom. The second-order valence-corrected chi connectivity index (χ2v) is 7.12. The first-order valence-corrected chi connectivity index (χ1v) is 8.67. The first-order chi connectivity index (χ1) is 9.88. The summed E-state index contributed by atoms with van der Waals surface area (Å²) >= 11 is 0. The Kier molecular flexibility index (Phi) is 6.64. The van der Waals surface area contributed by atoms with Gasteiger partial charge in [0.25, 0.3) is 0 Å². The molecule has 0 aromatic carbocycles. The Morgan fingerprint density at radius 1 is 1.05 bits per heavy atom. The van der Waals surface area contributed by atoms with Gasteiger partial charge in [0.15, 0.2) is 6.29 Å². The molecule has 1 aliphatic heterocycles. The van der Waals surface area contributed by atoms with Crippen molar-refractivity contribution in [2.45, 2.75) is 36.8 Å². The molecule has 0 saturated carbocycles. The molecular formula is C7H16O13P2. The van der Waals surface area contributed by atoms with Crippen molar-refractivity contribution >= 4 is 15.6 Å². The standard InChI is InChI=1S/C7H16O13P2/c8-1-2(9)6-4(11)3(10)5(12)7(18-6)19-22(16,17)20-21(13,14)15/h2-12H,1H2,(H,16,17)(H2,13,14,15)/t2-,3+,4+,5+,6-,7+/m1/s1. The highest BCUT2D eigenvalue weighted by Gasteiger charge is 2.49. The molecule has 7 atom stereocenters. The number of aliphatic hydroxyl groups is 5. The molecule has 0 amide bonds. The van der Waals surface area contributed by atoms with Gasteiger partial charge in [0.05, 0.1) is 6.61 Å². The first kappa shape index (κ1) is 20.1. The third-order valence-corrected chi connectivity index (χ3v) is 4.77. The second kappa shape index (κ2) is 7.28. The lowest BCUT2D eigenvalue weighted by Gasteiger charge is -2.41. The van der Waals surface area contributed by atoms with Crippen LogP contribution in [0.1, 0.15) is 0 Å². The minimum Gasteiger partial charge on any atom is -0.394 e. The number of hydrogen-bond donors (Lipinski definition) is 8. The van der Waals surface area contributed by atoms with E-state index in [1.165, 1.54) is 0 Å². The normalized spacial score (nSPS) is 37.5. The van der Waals surface area contributed by atoms with E-state index in [4.69, 9.17) is 24.5 Å². The molecule has 15 heteroatoms. The topological polar surface area (TPSA) is 224 Å². The molecule has 0 aliphatic carbocycles. The Balaban J connectivity index is 2.89. The van der Waals surface area contributed by atoms with Gasteiger partial charge in [-0.05, 0) is 0 Å². The van der Waals surface area contributed by atoms with E-state index in [2.05, 4.69) is 8.83 Å². The van der Waals surface area contributed by atoms with Crippen LogP contribution < -0.4 is 0 Å². The smallest absolute Gasteiger partial charge is 0.394 e. The molecule has 13 nitrogen and oxygen atoms in total. The molecule has 1 rings (SSSR count). The zero-order valence-corrected chi connectivity index (χ0v) is 12.5. The summed E-state index contributed by atoms with van der Waals surface area (Å²) in [6.07, 6.45) is -11.7. The highest BCUT2D eigenvalue weighted by Crippen LogP contribution is 2.58. The summed E-state index contributed by atoms with van der Waals surface area (Å²) in [5, 5.41) is 46.8. The SMILES string of the molecule is O=P(O)(O)OP(=O)(O)O[C@@H]1O[C@H]([C@H](O)CO)[C@@H](O)[C@H](O)[C@@H]1O. The number of phosphoric ester groups is 1. The summed E-state index contributed by atoms with van der Waals surface area (Å²) in [6.45, 7) is -0.924. The number of hydrogen-bond acceptors (Lipinski definition) is 10. The number of aliphatic hydroxyl groups excluding tert-OH is 5. The van der Waals surface area contributed by atoms with Crippen LogP contribution in [0.3, 0.4) is 0 Å². The lowest BCUT2D eigenvalue weighted by atomic mass is 9.96. The number of ether oxygens (including phenoxy) is 1. The Morgan fingerprint density at radius 3 is 2.05 bits per heavy atom. The maximum atomic E-state index is 11.3. The summed E-state index contributed by atoms with van der Waals surface area (Å²) in [4.78, 5) is 26.0. The van der Waals surface area contributed by atoms with Crippen molar-refractivity contribution in [1.29, 1.82) is 0 Å². The van der Waals surface area contributed by atoms with Crippen molar-refractivity contribution in [3.8, 4) is 0 Å². The molecule has 132 valence electrons. The summed E-state index contributed by atoms with van der Waals surface area (Å²) in [5.74, 6) is 0. The van der Waals surface area contributed by atoms with E-state index in [0.717, 1.165) is 0 Å². The van der Waals surface area contributed by atoms with Gasteiger partial charge in [0.1, 0.15) is 30.5 Å². The van der Waals surface area contributed by atoms with E-state index in [1.807, 2.05) is 0 Å². The van der Waals surface area contributed by atoms with Crippen LogP contribution in [0.4, 0.5) is 0 Å². The van der Waals surface area contributed by atoms with Crippen LogP contribution >= 0.6 is 15.6 Å². The highest BCUT2D eigenvalue weighted by molar-refractivity contribution is 7.60. The van der Waals surface area contributed by atoms with E-state index in [9.17, 15) is 29.6 Å². The predicted octanol–water partition coefficient (Wildman–Crippen LogP) is -3.63. The zero-order chi connectivity index (χ0) is 17.3. The van der Waals surface area contributed by atoms with E-state index in [1.54, 1.807) is 0 Å². The van der Waals surface area contributed by atoms with Gasteiger partial charge >= 0.3 is 15.6 Å². The maximum Gasteiger partial charge on any atom is 0.483 e. The predicted molar refractivity (Wildman–Crippen MR) is 63.8 cm³/mol. The molecule has 22 heavy (non-hydrogen) atoms. The average Bonchev–Trinajstić information content (AvgIpc) is 2.35. The fraction of sp³-hybridized carbons (Fsp3) is 1.00. The molecule has 1 saturated heterocycles. The van der Waals surface area contributed by atoms with Crippen molar-refractivity contribution in [2.24, 2.45) is 0 Å². The van der Waals surface area contributed by atoms with Crippen molar-refractivity contribution in [3.63, 3.8) is 0 Å². The summed E-state index contributed by atoms with van der Waals surface area (Å²) in [5.41, 5.74) is 0. The van der Waals surface area contributed by atoms with Crippen LogP contribution in [-0.4, -0.2) is 83.6 Å². The van der Waals surface area contributed by atoms with Gasteiger partial charge in [-0.2, -0.15) is 4.31 Å². The molecule has 1 aliphatic rings. The molecule has 1 heterocycles. The van der Waals surface area contributed by atoms with Crippen LogP contribution in [-0.2, 0) is 22.7 Å². The third kappa shape index (κ3) is 5.28. The molecule has 8 N–H and O–H groups in total. The largest absolute Gasteiger partial charge is 0.483 e. The minimum atomic E-state index is -5.42. The van der Waals surface area contributed by atoms with Crippen LogP contribution in [0.2, 0.25) is 0 Å². The average molecular weight is 370 g/mol. The summed E-state index contributed by atoms with van der Waals surface area (Å²) in [6, 6.07) is 0. The molecule has 0 aromatic rings. The van der Waals surface area contributed by atoms with Crippen LogP contribution in [0.15, 0.2) is 0 Å². The summed E-state index contributed by atoms with van der Waals surface area (Å²) < 4.78 is 34.2. The number of phosphoric acid groups is 2. The molecule has 0 radical (unpaired) electrons. The van der Waals surface area contributed by atoms with Gasteiger partial charge in [0.2, 0.25) is 0 Å². The number of rotatable bonds is 6. The molecule has 1 unspecified atom stereocenters. The van der Waals surface area contributed by atoms with Gasteiger partial charge in [0, 0.05) is 0 Å². The summed E-state index contributed by atoms with van der Waals surface area (Å²) in [7, 11) is -10.8. The zero-order valence-electron chi connectivity index (χ0n) is 10.7. The quantitative estimate of drug-likeness (QED) is 0.212. The van der Waals surface area contributed by atoms with Crippen molar-refractivity contribution < 1.29 is 62.9 Å². The molecule has 0 bridgehead atoms. The Bertz CT molecular complexity index is 463. The molecular weight excluding hydrogens is 354 g/mol. The lowest BCUT2D eigenvalue weighted by molar-refractivity contribution is -0.292. The van der Waals surface area contributed by atoms with E-state index in [-0.39, 0.29) is 0 Å². The molecule has 0 spiro atoms. The highest BCUT2D eigenvalue weighted by atomic mass is 31.3. The molecule has 0 aromatic heterocycles. The monoisotopic (exact) mass is 370 g/mol. The van der Waals surface area contributed by atoms with Crippen LogP contribution in [0.5, 0.6) is 0 Å². The lowest BCUT2D eigenvalue weighted by Crippen LogP contribution is -2.61. The molecule has 1 fully saturated rings. The van der Waals surface area contributed by atoms with Crippen molar-refractivity contribution in [2.75, 3.05) is 6.61 Å². The minimum absolute atomic E-state index is 0.924. The first-order valence-electron chi connectivity index (χ1n) is 5.64. The van der Waals surface area contributed by atoms with Gasteiger partial charge in [-0.25, -0.2) is 9.13 Å². The second-order valence-electron chi connectivity index (χ2n) is 4.34. The van der Waals surface area contributed by atoms with E-state index >= 15 is 0 Å². The van der Waals surface area contributed by atoms with E-state index < -0.39 is 59.1 Å². The van der Waals surface area contributed by atoms with Crippen LogP contribution in [0, 0.1) is 0 Å². The fourth-order valence-electron chi connectivity index (χ4n) is 1.67. The van der Waals surface area contributed by atoms with Crippen LogP contribution in [0.25, 0.3) is 0 Å². The maximum absolute atomic E-state index is 11.3. The van der Waals surface area contributed by atoms with E-state index in [0.29, 0.717) is 0 Å². The van der Waals surface area contributed by atoms with Gasteiger partial charge in [-0.15, -0.1) is 0 Å². The van der Waals surface area contributed by atoms with Crippen molar-refractivity contribution in [3.05, 3.63) is 0 Å². The van der Waals surface area contributed by atoms with Gasteiger partial charge in [-0.3, -0.25) is 4.52 Å². The fourth-order valence-corrected chi connectivity index (χ4v) is 3.33.